The third-order valence-corrected chi connectivity index (χ3v) is 7.19. The third-order valence-electron chi connectivity index (χ3n) is 6.10. The smallest absolute Gasteiger partial charge is 0.262 e. The molecule has 174 valence electrons. The summed E-state index contributed by atoms with van der Waals surface area (Å²) >= 11 is 1.37. The van der Waals surface area contributed by atoms with Crippen molar-refractivity contribution in [1.82, 2.24) is 14.5 Å². The van der Waals surface area contributed by atoms with Gasteiger partial charge in [-0.05, 0) is 51.0 Å². The third kappa shape index (κ3) is 5.54. The fourth-order valence-electron chi connectivity index (χ4n) is 4.14. The Balaban J connectivity index is 1.59. The van der Waals surface area contributed by atoms with E-state index < -0.39 is 0 Å². The molecule has 4 rings (SSSR count). The zero-order valence-electron chi connectivity index (χ0n) is 19.5. The minimum absolute atomic E-state index is 0.0449. The molecule has 1 aliphatic rings. The van der Waals surface area contributed by atoms with Gasteiger partial charge in [0.15, 0.2) is 10.9 Å². The van der Waals surface area contributed by atoms with Crippen molar-refractivity contribution in [3.05, 3.63) is 69.5 Å². The molecule has 3 aromatic rings. The number of ketones is 1. The molecule has 1 aliphatic heterocycles. The van der Waals surface area contributed by atoms with Crippen LogP contribution in [0.4, 0.5) is 0 Å². The van der Waals surface area contributed by atoms with Crippen LogP contribution in [0.3, 0.4) is 0 Å². The molecule has 1 aromatic heterocycles. The summed E-state index contributed by atoms with van der Waals surface area (Å²) in [7, 11) is 0. The van der Waals surface area contributed by atoms with Crippen molar-refractivity contribution in [3.63, 3.8) is 0 Å². The number of carbonyl (C=O) groups excluding carboxylic acids is 1. The number of ether oxygens (including phenoxy) is 1. The van der Waals surface area contributed by atoms with Crippen molar-refractivity contribution in [2.24, 2.45) is 0 Å². The number of carbonyl (C=O) groups is 1. The Labute approximate surface area is 199 Å². The Bertz CT molecular complexity index is 1200. The van der Waals surface area contributed by atoms with E-state index in [0.717, 1.165) is 56.0 Å². The van der Waals surface area contributed by atoms with E-state index in [0.29, 0.717) is 22.6 Å². The molecule has 0 bridgehead atoms. The first-order chi connectivity index (χ1) is 15.9. The average molecular weight is 466 g/mol. The van der Waals surface area contributed by atoms with E-state index in [1.807, 2.05) is 63.2 Å². The van der Waals surface area contributed by atoms with E-state index in [-0.39, 0.29) is 16.6 Å². The standard InChI is InChI=1S/C26H31N3O3S/c1-18-9-10-19(2)22(17-18)24(30)20(3)33-26-27-23-8-5-4-7-21(23)25(31)29(26)12-6-11-28-13-15-32-16-14-28/h4-5,7-10,17,20H,6,11-16H2,1-3H3/t20-/m0/s1. The van der Waals surface area contributed by atoms with Gasteiger partial charge in [-0.2, -0.15) is 0 Å². The molecule has 0 amide bonds. The number of rotatable bonds is 8. The van der Waals surface area contributed by atoms with Crippen LogP contribution in [-0.2, 0) is 11.3 Å². The second-order valence-corrected chi connectivity index (χ2v) is 9.93. The van der Waals surface area contributed by atoms with Crippen LogP contribution in [0.25, 0.3) is 10.9 Å². The van der Waals surface area contributed by atoms with Crippen LogP contribution in [0.1, 0.15) is 34.8 Å². The maximum atomic E-state index is 13.3. The van der Waals surface area contributed by atoms with Crippen molar-refractivity contribution in [3.8, 4) is 0 Å². The quantitative estimate of drug-likeness (QED) is 0.284. The number of hydrogen-bond donors (Lipinski definition) is 0. The van der Waals surface area contributed by atoms with Gasteiger partial charge >= 0.3 is 0 Å². The largest absolute Gasteiger partial charge is 0.379 e. The molecule has 7 heteroatoms. The first-order valence-corrected chi connectivity index (χ1v) is 12.4. The minimum atomic E-state index is -0.357. The van der Waals surface area contributed by atoms with Gasteiger partial charge in [0.2, 0.25) is 0 Å². The average Bonchev–Trinajstić information content (AvgIpc) is 2.82. The topological polar surface area (TPSA) is 64.4 Å². The Morgan fingerprint density at radius 1 is 1.12 bits per heavy atom. The van der Waals surface area contributed by atoms with Gasteiger partial charge in [0.25, 0.3) is 5.56 Å². The lowest BCUT2D eigenvalue weighted by molar-refractivity contribution is 0.0368. The van der Waals surface area contributed by atoms with Gasteiger partial charge in [0, 0.05) is 31.7 Å². The van der Waals surface area contributed by atoms with E-state index in [1.54, 1.807) is 4.57 Å². The Morgan fingerprint density at radius 3 is 2.67 bits per heavy atom. The summed E-state index contributed by atoms with van der Waals surface area (Å²) < 4.78 is 7.18. The summed E-state index contributed by atoms with van der Waals surface area (Å²) in [6, 6.07) is 13.4. The lowest BCUT2D eigenvalue weighted by Crippen LogP contribution is -2.37. The maximum Gasteiger partial charge on any atom is 0.262 e. The molecule has 0 N–H and O–H groups in total. The van der Waals surface area contributed by atoms with E-state index in [9.17, 15) is 9.59 Å². The lowest BCUT2D eigenvalue weighted by Gasteiger charge is -2.26. The number of hydrogen-bond acceptors (Lipinski definition) is 6. The van der Waals surface area contributed by atoms with Gasteiger partial charge in [0.1, 0.15) is 0 Å². The summed E-state index contributed by atoms with van der Waals surface area (Å²) in [6.45, 7) is 10.7. The van der Waals surface area contributed by atoms with Crippen LogP contribution in [0.15, 0.2) is 52.4 Å². The molecule has 33 heavy (non-hydrogen) atoms. The van der Waals surface area contributed by atoms with Gasteiger partial charge < -0.3 is 4.74 Å². The molecular formula is C26H31N3O3S. The number of nitrogens with zero attached hydrogens (tertiary/aromatic N) is 3. The Morgan fingerprint density at radius 2 is 1.88 bits per heavy atom. The molecule has 1 saturated heterocycles. The second kappa shape index (κ2) is 10.6. The SMILES string of the molecule is Cc1ccc(C)c(C(=O)[C@H](C)Sc2nc3ccccc3c(=O)n2CCCN2CCOCC2)c1. The summed E-state index contributed by atoms with van der Waals surface area (Å²) in [4.78, 5) is 33.8. The Kier molecular flexibility index (Phi) is 7.63. The number of Topliss-reactive ketones (excluding diaryl/α,β-unsaturated/α-hetero) is 1. The van der Waals surface area contributed by atoms with Crippen LogP contribution in [0.5, 0.6) is 0 Å². The lowest BCUT2D eigenvalue weighted by atomic mass is 10.0. The fourth-order valence-corrected chi connectivity index (χ4v) is 5.15. The van der Waals surface area contributed by atoms with Crippen LogP contribution >= 0.6 is 11.8 Å². The maximum absolute atomic E-state index is 13.3. The van der Waals surface area contributed by atoms with Gasteiger partial charge in [-0.1, -0.05) is 41.6 Å². The van der Waals surface area contributed by atoms with E-state index >= 15 is 0 Å². The molecule has 0 unspecified atom stereocenters. The molecule has 1 fully saturated rings. The van der Waals surface area contributed by atoms with Crippen molar-refractivity contribution >= 4 is 28.4 Å². The molecule has 0 spiro atoms. The summed E-state index contributed by atoms with van der Waals surface area (Å²) in [5.41, 5.74) is 3.38. The number of morpholine rings is 1. The van der Waals surface area contributed by atoms with Crippen LogP contribution in [-0.4, -0.2) is 58.3 Å². The Hall–Kier alpha value is -2.48. The number of para-hydroxylation sites is 1. The van der Waals surface area contributed by atoms with Crippen molar-refractivity contribution in [2.75, 3.05) is 32.8 Å². The second-order valence-electron chi connectivity index (χ2n) is 8.62. The van der Waals surface area contributed by atoms with Gasteiger partial charge in [-0.3, -0.25) is 19.1 Å². The zero-order chi connectivity index (χ0) is 23.4. The predicted molar refractivity (Wildman–Crippen MR) is 133 cm³/mol. The molecule has 2 aromatic carbocycles. The number of aromatic nitrogens is 2. The van der Waals surface area contributed by atoms with Crippen LogP contribution in [0.2, 0.25) is 0 Å². The highest BCUT2D eigenvalue weighted by molar-refractivity contribution is 8.00. The highest BCUT2D eigenvalue weighted by atomic mass is 32.2. The van der Waals surface area contributed by atoms with Gasteiger partial charge in [-0.15, -0.1) is 0 Å². The number of aryl methyl sites for hydroxylation is 2. The molecule has 0 aliphatic carbocycles. The van der Waals surface area contributed by atoms with E-state index in [1.165, 1.54) is 11.8 Å². The highest BCUT2D eigenvalue weighted by Gasteiger charge is 2.22. The first-order valence-electron chi connectivity index (χ1n) is 11.5. The molecule has 0 radical (unpaired) electrons. The zero-order valence-corrected chi connectivity index (χ0v) is 20.4. The van der Waals surface area contributed by atoms with Crippen molar-refractivity contribution < 1.29 is 9.53 Å². The van der Waals surface area contributed by atoms with Crippen molar-refractivity contribution in [2.45, 2.75) is 44.1 Å². The predicted octanol–water partition coefficient (Wildman–Crippen LogP) is 4.10. The van der Waals surface area contributed by atoms with Crippen molar-refractivity contribution in [1.29, 1.82) is 0 Å². The molecule has 0 saturated carbocycles. The summed E-state index contributed by atoms with van der Waals surface area (Å²) in [6.07, 6.45) is 0.840. The summed E-state index contributed by atoms with van der Waals surface area (Å²) in [5, 5.41) is 0.859. The number of thioether (sulfide) groups is 1. The van der Waals surface area contributed by atoms with Crippen LogP contribution < -0.4 is 5.56 Å². The number of fused-ring (bicyclic) bond motifs is 1. The molecule has 2 heterocycles. The van der Waals surface area contributed by atoms with Gasteiger partial charge in [0.05, 0.1) is 29.4 Å². The monoisotopic (exact) mass is 465 g/mol. The van der Waals surface area contributed by atoms with E-state index in [4.69, 9.17) is 9.72 Å². The molecular weight excluding hydrogens is 434 g/mol. The first kappa shape index (κ1) is 23.7. The van der Waals surface area contributed by atoms with E-state index in [2.05, 4.69) is 4.90 Å². The van der Waals surface area contributed by atoms with Crippen LogP contribution in [0, 0.1) is 13.8 Å². The normalized spacial score (nSPS) is 15.6. The minimum Gasteiger partial charge on any atom is -0.379 e. The highest BCUT2D eigenvalue weighted by Crippen LogP contribution is 2.26. The molecule has 1 atom stereocenters. The fraction of sp³-hybridized carbons (Fsp3) is 0.423. The summed E-state index contributed by atoms with van der Waals surface area (Å²) in [5.74, 6) is 0.0588. The molecule has 6 nitrogen and oxygen atoms in total. The number of benzene rings is 2. The van der Waals surface area contributed by atoms with Gasteiger partial charge in [-0.25, -0.2) is 4.98 Å².